The Morgan fingerprint density at radius 3 is 2.74 bits per heavy atom. The van der Waals surface area contributed by atoms with Gasteiger partial charge in [0.2, 0.25) is 0 Å². The molecule has 0 atom stereocenters. The summed E-state index contributed by atoms with van der Waals surface area (Å²) in [5, 5.41) is 5.07. The summed E-state index contributed by atoms with van der Waals surface area (Å²) in [6, 6.07) is 8.66. The SMILES string of the molecule is CCC1(CNCc2cn(C)c3ccccc23)CCC1. The first kappa shape index (κ1) is 12.7. The first-order chi connectivity index (χ1) is 9.24. The van der Waals surface area contributed by atoms with Crippen molar-refractivity contribution in [3.8, 4) is 0 Å². The van der Waals surface area contributed by atoms with Crippen LogP contribution in [0.3, 0.4) is 0 Å². The smallest absolute Gasteiger partial charge is 0.0481 e. The lowest BCUT2D eigenvalue weighted by Crippen LogP contribution is -2.39. The summed E-state index contributed by atoms with van der Waals surface area (Å²) in [5.74, 6) is 0. The number of aryl methyl sites for hydroxylation is 1. The molecule has 1 aliphatic carbocycles. The van der Waals surface area contributed by atoms with Crippen LogP contribution in [0.2, 0.25) is 0 Å². The van der Waals surface area contributed by atoms with Gasteiger partial charge in [-0.25, -0.2) is 0 Å². The predicted molar refractivity (Wildman–Crippen MR) is 81.2 cm³/mol. The summed E-state index contributed by atoms with van der Waals surface area (Å²) in [7, 11) is 2.13. The number of nitrogens with zero attached hydrogens (tertiary/aromatic N) is 1. The van der Waals surface area contributed by atoms with Crippen LogP contribution in [0.1, 0.15) is 38.2 Å². The second kappa shape index (κ2) is 5.01. The Balaban J connectivity index is 1.69. The molecule has 1 heterocycles. The van der Waals surface area contributed by atoms with Gasteiger partial charge in [0, 0.05) is 37.2 Å². The number of aromatic nitrogens is 1. The molecule has 2 heteroatoms. The summed E-state index contributed by atoms with van der Waals surface area (Å²) in [6.45, 7) is 4.49. The number of hydrogen-bond acceptors (Lipinski definition) is 1. The fourth-order valence-electron chi connectivity index (χ4n) is 3.36. The van der Waals surface area contributed by atoms with Gasteiger partial charge in [0.15, 0.2) is 0 Å². The molecule has 0 aliphatic heterocycles. The van der Waals surface area contributed by atoms with Crippen molar-refractivity contribution in [1.29, 1.82) is 0 Å². The van der Waals surface area contributed by atoms with E-state index in [1.54, 1.807) is 0 Å². The van der Waals surface area contributed by atoms with Gasteiger partial charge >= 0.3 is 0 Å². The highest BCUT2D eigenvalue weighted by molar-refractivity contribution is 5.83. The van der Waals surface area contributed by atoms with E-state index in [2.05, 4.69) is 54.3 Å². The fourth-order valence-corrected chi connectivity index (χ4v) is 3.36. The predicted octanol–water partition coefficient (Wildman–Crippen LogP) is 3.85. The Morgan fingerprint density at radius 1 is 1.26 bits per heavy atom. The van der Waals surface area contributed by atoms with Crippen LogP contribution in [0, 0.1) is 5.41 Å². The average molecular weight is 256 g/mol. The lowest BCUT2D eigenvalue weighted by molar-refractivity contribution is 0.124. The van der Waals surface area contributed by atoms with E-state index in [0.717, 1.165) is 6.54 Å². The van der Waals surface area contributed by atoms with Gasteiger partial charge in [0.05, 0.1) is 0 Å². The van der Waals surface area contributed by atoms with Crippen molar-refractivity contribution >= 4 is 10.9 Å². The minimum absolute atomic E-state index is 0.602. The monoisotopic (exact) mass is 256 g/mol. The Hall–Kier alpha value is -1.28. The van der Waals surface area contributed by atoms with E-state index in [4.69, 9.17) is 0 Å². The molecule has 0 saturated heterocycles. The first-order valence-electron chi connectivity index (χ1n) is 7.48. The molecule has 1 aromatic heterocycles. The van der Waals surface area contributed by atoms with Gasteiger partial charge in [-0.05, 0) is 36.3 Å². The Kier molecular flexibility index (Phi) is 3.36. The van der Waals surface area contributed by atoms with Crippen molar-refractivity contribution in [3.05, 3.63) is 36.0 Å². The highest BCUT2D eigenvalue weighted by atomic mass is 14.9. The van der Waals surface area contributed by atoms with Crippen molar-refractivity contribution in [1.82, 2.24) is 9.88 Å². The molecule has 1 aromatic carbocycles. The van der Waals surface area contributed by atoms with E-state index in [0.29, 0.717) is 5.41 Å². The summed E-state index contributed by atoms with van der Waals surface area (Å²) in [6.07, 6.45) is 7.81. The molecule has 1 aliphatic rings. The lowest BCUT2D eigenvalue weighted by atomic mass is 9.67. The lowest BCUT2D eigenvalue weighted by Gasteiger charge is -2.41. The normalized spacial score (nSPS) is 17.6. The molecule has 0 radical (unpaired) electrons. The molecule has 0 spiro atoms. The number of hydrogen-bond donors (Lipinski definition) is 1. The Labute approximate surface area is 115 Å². The average Bonchev–Trinajstić information content (AvgIpc) is 2.71. The third kappa shape index (κ3) is 2.30. The molecule has 19 heavy (non-hydrogen) atoms. The number of fused-ring (bicyclic) bond motifs is 1. The van der Waals surface area contributed by atoms with Crippen molar-refractivity contribution < 1.29 is 0 Å². The second-order valence-electron chi connectivity index (χ2n) is 6.09. The molecule has 0 unspecified atom stereocenters. The fraction of sp³-hybridized carbons (Fsp3) is 0.529. The van der Waals surface area contributed by atoms with E-state index < -0.39 is 0 Å². The molecule has 1 N–H and O–H groups in total. The third-order valence-corrected chi connectivity index (χ3v) is 4.96. The van der Waals surface area contributed by atoms with Crippen molar-refractivity contribution in [3.63, 3.8) is 0 Å². The molecule has 2 nitrogen and oxygen atoms in total. The van der Waals surface area contributed by atoms with E-state index in [1.807, 2.05) is 0 Å². The molecular formula is C17H24N2. The van der Waals surface area contributed by atoms with Crippen LogP contribution < -0.4 is 5.32 Å². The van der Waals surface area contributed by atoms with Crippen LogP contribution >= 0.6 is 0 Å². The summed E-state index contributed by atoms with van der Waals surface area (Å²) >= 11 is 0. The van der Waals surface area contributed by atoms with Gasteiger partial charge in [0.25, 0.3) is 0 Å². The highest BCUT2D eigenvalue weighted by Gasteiger charge is 2.34. The molecular weight excluding hydrogens is 232 g/mol. The molecule has 1 fully saturated rings. The van der Waals surface area contributed by atoms with E-state index >= 15 is 0 Å². The number of rotatable bonds is 5. The van der Waals surface area contributed by atoms with Crippen molar-refractivity contribution in [2.45, 2.75) is 39.2 Å². The minimum atomic E-state index is 0.602. The number of para-hydroxylation sites is 1. The maximum Gasteiger partial charge on any atom is 0.0481 e. The molecule has 102 valence electrons. The van der Waals surface area contributed by atoms with Crippen LogP contribution in [0.5, 0.6) is 0 Å². The molecule has 0 amide bonds. The zero-order valence-electron chi connectivity index (χ0n) is 12.1. The quantitative estimate of drug-likeness (QED) is 0.860. The van der Waals surface area contributed by atoms with Crippen LogP contribution in [-0.4, -0.2) is 11.1 Å². The third-order valence-electron chi connectivity index (χ3n) is 4.96. The van der Waals surface area contributed by atoms with Gasteiger partial charge in [-0.15, -0.1) is 0 Å². The number of nitrogens with one attached hydrogen (secondary N) is 1. The van der Waals surface area contributed by atoms with Gasteiger partial charge in [-0.1, -0.05) is 31.5 Å². The maximum absolute atomic E-state index is 3.69. The summed E-state index contributed by atoms with van der Waals surface area (Å²) in [4.78, 5) is 0. The molecule has 3 rings (SSSR count). The van der Waals surface area contributed by atoms with Crippen LogP contribution in [-0.2, 0) is 13.6 Å². The van der Waals surface area contributed by atoms with Gasteiger partial charge in [-0.3, -0.25) is 0 Å². The Morgan fingerprint density at radius 2 is 2.05 bits per heavy atom. The van der Waals surface area contributed by atoms with E-state index in [9.17, 15) is 0 Å². The topological polar surface area (TPSA) is 17.0 Å². The number of benzene rings is 1. The van der Waals surface area contributed by atoms with Gasteiger partial charge in [-0.2, -0.15) is 0 Å². The van der Waals surface area contributed by atoms with Gasteiger partial charge < -0.3 is 9.88 Å². The summed E-state index contributed by atoms with van der Waals surface area (Å²) in [5.41, 5.74) is 3.35. The Bertz CT molecular complexity index is 558. The zero-order valence-corrected chi connectivity index (χ0v) is 12.1. The van der Waals surface area contributed by atoms with E-state index in [-0.39, 0.29) is 0 Å². The van der Waals surface area contributed by atoms with Crippen LogP contribution in [0.15, 0.2) is 30.5 Å². The molecule has 1 saturated carbocycles. The molecule has 2 aromatic rings. The minimum Gasteiger partial charge on any atom is -0.350 e. The van der Waals surface area contributed by atoms with E-state index in [1.165, 1.54) is 48.7 Å². The second-order valence-corrected chi connectivity index (χ2v) is 6.09. The van der Waals surface area contributed by atoms with Crippen LogP contribution in [0.25, 0.3) is 10.9 Å². The molecule has 0 bridgehead atoms. The highest BCUT2D eigenvalue weighted by Crippen LogP contribution is 2.43. The maximum atomic E-state index is 3.69. The zero-order chi connectivity index (χ0) is 13.3. The van der Waals surface area contributed by atoms with Crippen LogP contribution in [0.4, 0.5) is 0 Å². The first-order valence-corrected chi connectivity index (χ1v) is 7.48. The standard InChI is InChI=1S/C17H24N2/c1-3-17(9-6-10-17)13-18-11-14-12-19(2)16-8-5-4-7-15(14)16/h4-5,7-8,12,18H,3,6,9-11,13H2,1-2H3. The summed E-state index contributed by atoms with van der Waals surface area (Å²) < 4.78 is 2.23. The van der Waals surface area contributed by atoms with Gasteiger partial charge in [0.1, 0.15) is 0 Å². The van der Waals surface area contributed by atoms with Crippen molar-refractivity contribution in [2.75, 3.05) is 6.54 Å². The largest absolute Gasteiger partial charge is 0.350 e. The van der Waals surface area contributed by atoms with Crippen molar-refractivity contribution in [2.24, 2.45) is 12.5 Å².